The van der Waals surface area contributed by atoms with Gasteiger partial charge in [0.1, 0.15) is 17.5 Å². The van der Waals surface area contributed by atoms with Crippen LogP contribution in [0.25, 0.3) is 10.8 Å². The van der Waals surface area contributed by atoms with E-state index in [1.807, 2.05) is 72.9 Å². The average Bonchev–Trinajstić information content (AvgIpc) is 3.63. The molecule has 0 radical (unpaired) electrons. The summed E-state index contributed by atoms with van der Waals surface area (Å²) in [6.07, 6.45) is 1.88. The van der Waals surface area contributed by atoms with Crippen LogP contribution in [0.2, 0.25) is 0 Å². The molecule has 5 aromatic rings. The Morgan fingerprint density at radius 2 is 1.08 bits per heavy atom. The molecule has 1 aromatic heterocycles. The molecule has 0 fully saturated rings. The van der Waals surface area contributed by atoms with Crippen LogP contribution in [0.15, 0.2) is 122 Å². The molecule has 2 N–H and O–H groups in total. The van der Waals surface area contributed by atoms with Gasteiger partial charge in [0.2, 0.25) is 0 Å². The Morgan fingerprint density at radius 3 is 1.82 bits per heavy atom. The number of benzene rings is 4. The Bertz CT molecular complexity index is 1970. The molecule has 6 bridgehead atoms. The minimum Gasteiger partial charge on any atom is -0.365 e. The summed E-state index contributed by atoms with van der Waals surface area (Å²) in [6.45, 7) is 0.591. The fraction of sp³-hybridized carbons (Fsp3) is 0.0312. The third-order valence-electron chi connectivity index (χ3n) is 7.20. The highest BCUT2D eigenvalue weighted by Crippen LogP contribution is 2.36. The number of H-pyrrole nitrogens is 1. The van der Waals surface area contributed by atoms with Crippen molar-refractivity contribution in [3.63, 3.8) is 0 Å². The van der Waals surface area contributed by atoms with Gasteiger partial charge in [0.05, 0.1) is 0 Å². The van der Waals surface area contributed by atoms with Gasteiger partial charge in [-0.25, -0.2) is 25.0 Å². The van der Waals surface area contributed by atoms with Crippen molar-refractivity contribution in [1.82, 2.24) is 10.3 Å². The Morgan fingerprint density at radius 1 is 0.513 bits per heavy atom. The van der Waals surface area contributed by atoms with Crippen LogP contribution in [0.1, 0.15) is 33.4 Å². The lowest BCUT2D eigenvalue weighted by molar-refractivity contribution is 0.916. The Balaban J connectivity index is 1.39. The zero-order chi connectivity index (χ0) is 25.8. The summed E-state index contributed by atoms with van der Waals surface area (Å²) in [4.78, 5) is 28.1. The van der Waals surface area contributed by atoms with E-state index in [4.69, 9.17) is 25.0 Å². The van der Waals surface area contributed by atoms with Gasteiger partial charge < -0.3 is 10.3 Å². The zero-order valence-electron chi connectivity index (χ0n) is 20.8. The normalized spacial score (nSPS) is 18.8. The maximum Gasteiger partial charge on any atom is 0.164 e. The van der Waals surface area contributed by atoms with Gasteiger partial charge in [-0.2, -0.15) is 0 Å². The van der Waals surface area contributed by atoms with Crippen molar-refractivity contribution in [2.75, 3.05) is 0 Å². The van der Waals surface area contributed by atoms with Gasteiger partial charge in [0.25, 0.3) is 0 Å². The summed E-state index contributed by atoms with van der Waals surface area (Å²) in [5.74, 6) is 4.13. The van der Waals surface area contributed by atoms with Crippen LogP contribution in [-0.2, 0) is 6.54 Å². The highest BCUT2D eigenvalue weighted by molar-refractivity contribution is 6.25. The van der Waals surface area contributed by atoms with Crippen LogP contribution < -0.4 is 5.32 Å². The van der Waals surface area contributed by atoms with Crippen LogP contribution in [-0.4, -0.2) is 34.5 Å². The zero-order valence-corrected chi connectivity index (χ0v) is 20.8. The van der Waals surface area contributed by atoms with Crippen LogP contribution in [0.4, 0.5) is 11.6 Å². The molecule has 7 nitrogen and oxygen atoms in total. The Hall–Kier alpha value is -5.43. The first kappa shape index (κ1) is 21.6. The topological polar surface area (TPSA) is 89.6 Å². The number of rotatable bonds is 0. The number of hydrogen-bond acceptors (Lipinski definition) is 6. The van der Waals surface area contributed by atoms with Crippen molar-refractivity contribution in [2.45, 2.75) is 6.54 Å². The summed E-state index contributed by atoms with van der Waals surface area (Å²) >= 11 is 0. The van der Waals surface area contributed by atoms with Gasteiger partial charge in [0, 0.05) is 45.8 Å². The van der Waals surface area contributed by atoms with Crippen LogP contribution in [0.3, 0.4) is 0 Å². The van der Waals surface area contributed by atoms with E-state index in [9.17, 15) is 0 Å². The predicted octanol–water partition coefficient (Wildman–Crippen LogP) is 6.07. The monoisotopic (exact) mass is 503 g/mol. The van der Waals surface area contributed by atoms with Crippen molar-refractivity contribution in [3.8, 4) is 0 Å². The lowest BCUT2D eigenvalue weighted by Gasteiger charge is -2.09. The molecule has 0 unspecified atom stereocenters. The molecule has 8 rings (SSSR count). The van der Waals surface area contributed by atoms with Gasteiger partial charge >= 0.3 is 0 Å². The van der Waals surface area contributed by atoms with Gasteiger partial charge in [-0.15, -0.1) is 0 Å². The fourth-order valence-corrected chi connectivity index (χ4v) is 5.27. The molecule has 0 aliphatic carbocycles. The Kier molecular flexibility index (Phi) is 4.75. The van der Waals surface area contributed by atoms with E-state index in [0.29, 0.717) is 35.7 Å². The molecular formula is C32H21N7. The first-order chi connectivity index (χ1) is 19.3. The summed E-state index contributed by atoms with van der Waals surface area (Å²) in [5, 5.41) is 5.49. The molecule has 0 saturated carbocycles. The number of nitrogens with zero attached hydrogens (tertiary/aromatic N) is 5. The summed E-state index contributed by atoms with van der Waals surface area (Å²) in [5.41, 5.74) is 6.05. The van der Waals surface area contributed by atoms with E-state index in [1.54, 1.807) is 0 Å². The fourth-order valence-electron chi connectivity index (χ4n) is 5.27. The number of hydrogen-bond donors (Lipinski definition) is 2. The second kappa shape index (κ2) is 8.56. The molecule has 4 aromatic carbocycles. The lowest BCUT2D eigenvalue weighted by atomic mass is 10.1. The highest BCUT2D eigenvalue weighted by atomic mass is 15.1. The highest BCUT2D eigenvalue weighted by Gasteiger charge is 2.24. The second-order valence-electron chi connectivity index (χ2n) is 9.54. The predicted molar refractivity (Wildman–Crippen MR) is 158 cm³/mol. The molecular weight excluding hydrogens is 482 g/mol. The third-order valence-corrected chi connectivity index (χ3v) is 7.20. The number of aliphatic imine (C=N–C) groups is 5. The SMILES string of the molecule is C1=N/C2=NC(=N\c3[nH]c(c4ccccc34)/N=C3\N=C(NCc4ccccc4/1)c1ccccc13)/c1ccccc12. The van der Waals surface area contributed by atoms with E-state index in [-0.39, 0.29) is 0 Å². The number of aromatic nitrogens is 1. The second-order valence-corrected chi connectivity index (χ2v) is 9.54. The van der Waals surface area contributed by atoms with Gasteiger partial charge in [-0.3, -0.25) is 0 Å². The van der Waals surface area contributed by atoms with Crippen molar-refractivity contribution < 1.29 is 0 Å². The van der Waals surface area contributed by atoms with E-state index < -0.39 is 0 Å². The van der Waals surface area contributed by atoms with E-state index >= 15 is 0 Å². The van der Waals surface area contributed by atoms with Gasteiger partial charge in [-0.1, -0.05) is 97.1 Å². The maximum atomic E-state index is 5.02. The molecule has 4 heterocycles. The Labute approximate surface area is 224 Å². The maximum absolute atomic E-state index is 5.02. The average molecular weight is 504 g/mol. The summed E-state index contributed by atoms with van der Waals surface area (Å²) in [6, 6.07) is 32.6. The molecule has 0 atom stereocenters. The van der Waals surface area contributed by atoms with Gasteiger partial charge in [-0.05, 0) is 11.1 Å². The van der Waals surface area contributed by atoms with E-state index in [1.165, 1.54) is 0 Å². The molecule has 0 amide bonds. The smallest absolute Gasteiger partial charge is 0.164 e. The molecule has 39 heavy (non-hydrogen) atoms. The van der Waals surface area contributed by atoms with Crippen LogP contribution >= 0.6 is 0 Å². The van der Waals surface area contributed by atoms with Crippen molar-refractivity contribution in [2.24, 2.45) is 25.0 Å². The molecule has 0 spiro atoms. The molecule has 184 valence electrons. The number of fused-ring (bicyclic) bond motifs is 14. The summed E-state index contributed by atoms with van der Waals surface area (Å²) < 4.78 is 0. The molecule has 7 heteroatoms. The minimum atomic E-state index is 0.591. The first-order valence-electron chi connectivity index (χ1n) is 12.8. The molecule has 0 saturated heterocycles. The lowest BCUT2D eigenvalue weighted by Crippen LogP contribution is -2.23. The van der Waals surface area contributed by atoms with Gasteiger partial charge in [0.15, 0.2) is 17.5 Å². The first-order valence-corrected chi connectivity index (χ1v) is 12.8. The number of nitrogens with one attached hydrogen (secondary N) is 2. The number of aromatic amines is 1. The standard InChI is InChI=1S/C32H21N7/c1-2-10-20-18-34-28-22-12-4-6-14-24(22)30(36-28)38-32-26-16-8-7-15-25(26)31(39-32)37-29-23-13-5-3-11-21(23)27(35-29)33-17-19(20)9-1/h1-17,39H,18H2,(H,34,36,38)/b33-17+,37-29-. The van der Waals surface area contributed by atoms with E-state index in [2.05, 4.69) is 40.6 Å². The third kappa shape index (κ3) is 3.55. The molecule has 3 aliphatic heterocycles. The van der Waals surface area contributed by atoms with Crippen molar-refractivity contribution in [3.05, 3.63) is 130 Å². The quantitative estimate of drug-likeness (QED) is 0.264. The van der Waals surface area contributed by atoms with E-state index in [0.717, 1.165) is 50.0 Å². The van der Waals surface area contributed by atoms with Crippen molar-refractivity contribution in [1.29, 1.82) is 0 Å². The van der Waals surface area contributed by atoms with Crippen molar-refractivity contribution >= 4 is 52.0 Å². The largest absolute Gasteiger partial charge is 0.365 e. The van der Waals surface area contributed by atoms with Crippen LogP contribution in [0.5, 0.6) is 0 Å². The summed E-state index contributed by atoms with van der Waals surface area (Å²) in [7, 11) is 0. The van der Waals surface area contributed by atoms with Crippen LogP contribution in [0, 0.1) is 0 Å². The minimum absolute atomic E-state index is 0.591. The number of amidine groups is 4. The molecule has 3 aliphatic rings.